The summed E-state index contributed by atoms with van der Waals surface area (Å²) in [5.41, 5.74) is 0.800. The molecule has 2 fully saturated rings. The van der Waals surface area contributed by atoms with Gasteiger partial charge in [0.25, 0.3) is 0 Å². The van der Waals surface area contributed by atoms with Gasteiger partial charge in [-0.1, -0.05) is 22.9 Å². The van der Waals surface area contributed by atoms with Gasteiger partial charge in [-0.05, 0) is 25.0 Å². The fourth-order valence-corrected chi connectivity index (χ4v) is 4.50. The number of methoxy groups -OCH3 is 1. The van der Waals surface area contributed by atoms with Crippen molar-refractivity contribution in [3.63, 3.8) is 0 Å². The minimum absolute atomic E-state index is 0.109. The normalized spacial score (nSPS) is 18.5. The number of hydrogen-bond acceptors (Lipinski definition) is 5. The second-order valence-electron chi connectivity index (χ2n) is 6.06. The number of carbonyl (C=O) groups is 1. The summed E-state index contributed by atoms with van der Waals surface area (Å²) in [6, 6.07) is 3.67. The molecule has 0 unspecified atom stereocenters. The van der Waals surface area contributed by atoms with E-state index in [-0.39, 0.29) is 5.92 Å². The molecule has 0 spiro atoms. The summed E-state index contributed by atoms with van der Waals surface area (Å²) in [5.74, 6) is 1.14. The topological polar surface area (TPSA) is 45.7 Å². The Kier molecular flexibility index (Phi) is 3.81. The lowest BCUT2D eigenvalue weighted by Gasteiger charge is -2.39. The highest BCUT2D eigenvalue weighted by atomic mass is 35.5. The van der Waals surface area contributed by atoms with Crippen molar-refractivity contribution in [1.29, 1.82) is 0 Å². The number of benzene rings is 1. The Morgan fingerprint density at radius 2 is 2.09 bits per heavy atom. The molecule has 0 bridgehead atoms. The van der Waals surface area contributed by atoms with Gasteiger partial charge in [-0.15, -0.1) is 0 Å². The van der Waals surface area contributed by atoms with Crippen molar-refractivity contribution in [3.05, 3.63) is 17.2 Å². The average Bonchev–Trinajstić information content (AvgIpc) is 3.16. The van der Waals surface area contributed by atoms with Gasteiger partial charge in [0.05, 0.1) is 22.8 Å². The second-order valence-corrected chi connectivity index (χ2v) is 7.44. The lowest BCUT2D eigenvalue weighted by atomic mass is 9.99. The molecule has 4 rings (SSSR count). The van der Waals surface area contributed by atoms with Crippen LogP contribution in [0.25, 0.3) is 10.2 Å². The number of carbonyl (C=O) groups excluding carboxylic acids is 1. The quantitative estimate of drug-likeness (QED) is 0.852. The van der Waals surface area contributed by atoms with Crippen molar-refractivity contribution in [3.8, 4) is 5.75 Å². The Bertz CT molecular complexity index is 751. The summed E-state index contributed by atoms with van der Waals surface area (Å²) >= 11 is 7.83. The Morgan fingerprint density at radius 3 is 2.78 bits per heavy atom. The molecule has 1 aromatic heterocycles. The monoisotopic (exact) mass is 351 g/mol. The Balaban J connectivity index is 1.51. The smallest absolute Gasteiger partial charge is 0.229 e. The molecule has 0 aliphatic carbocycles. The number of likely N-dealkylation sites (tertiary alicyclic amines) is 1. The molecule has 2 aliphatic heterocycles. The van der Waals surface area contributed by atoms with Crippen molar-refractivity contribution >= 4 is 44.2 Å². The van der Waals surface area contributed by atoms with E-state index in [2.05, 4.69) is 9.88 Å². The van der Waals surface area contributed by atoms with Crippen LogP contribution < -0.4 is 9.64 Å². The van der Waals surface area contributed by atoms with Crippen molar-refractivity contribution < 1.29 is 9.53 Å². The summed E-state index contributed by atoms with van der Waals surface area (Å²) in [7, 11) is 1.63. The number of halogens is 1. The molecule has 1 aromatic carbocycles. The first-order chi connectivity index (χ1) is 11.2. The van der Waals surface area contributed by atoms with Crippen LogP contribution in [0, 0.1) is 5.92 Å². The van der Waals surface area contributed by atoms with E-state index in [1.165, 1.54) is 0 Å². The highest BCUT2D eigenvalue weighted by Crippen LogP contribution is 2.40. The van der Waals surface area contributed by atoms with E-state index < -0.39 is 0 Å². The van der Waals surface area contributed by atoms with Gasteiger partial charge < -0.3 is 14.5 Å². The molecule has 5 nitrogen and oxygen atoms in total. The van der Waals surface area contributed by atoms with Crippen LogP contribution in [0.4, 0.5) is 5.13 Å². The van der Waals surface area contributed by atoms with Gasteiger partial charge in [0.1, 0.15) is 11.3 Å². The van der Waals surface area contributed by atoms with Crippen LogP contribution in [0.15, 0.2) is 12.1 Å². The van der Waals surface area contributed by atoms with Gasteiger partial charge in [0, 0.05) is 26.2 Å². The maximum atomic E-state index is 12.4. The van der Waals surface area contributed by atoms with Crippen LogP contribution >= 0.6 is 22.9 Å². The first-order valence-corrected chi connectivity index (χ1v) is 9.03. The average molecular weight is 352 g/mol. The van der Waals surface area contributed by atoms with E-state index in [1.54, 1.807) is 18.4 Å². The first kappa shape index (κ1) is 15.0. The number of hydrogen-bond donors (Lipinski definition) is 0. The van der Waals surface area contributed by atoms with Crippen LogP contribution in [-0.4, -0.2) is 49.1 Å². The minimum Gasteiger partial charge on any atom is -0.494 e. The molecule has 2 saturated heterocycles. The fraction of sp³-hybridized carbons (Fsp3) is 0.500. The van der Waals surface area contributed by atoms with Crippen molar-refractivity contribution in [2.24, 2.45) is 5.92 Å². The zero-order valence-corrected chi connectivity index (χ0v) is 14.5. The van der Waals surface area contributed by atoms with Gasteiger partial charge in [0.15, 0.2) is 5.13 Å². The molecule has 2 aliphatic rings. The van der Waals surface area contributed by atoms with Crippen LogP contribution in [0.5, 0.6) is 5.75 Å². The fourth-order valence-electron chi connectivity index (χ4n) is 3.23. The van der Waals surface area contributed by atoms with E-state index in [9.17, 15) is 4.79 Å². The molecule has 2 aromatic rings. The lowest BCUT2D eigenvalue weighted by molar-refractivity contribution is -0.135. The molecule has 0 N–H and O–H groups in total. The maximum absolute atomic E-state index is 12.4. The molecule has 0 radical (unpaired) electrons. The Morgan fingerprint density at radius 1 is 1.35 bits per heavy atom. The Hall–Kier alpha value is -1.53. The van der Waals surface area contributed by atoms with E-state index in [0.29, 0.717) is 10.9 Å². The summed E-state index contributed by atoms with van der Waals surface area (Å²) < 4.78 is 6.30. The predicted octanol–water partition coefficient (Wildman–Crippen LogP) is 3.02. The van der Waals surface area contributed by atoms with Crippen molar-refractivity contribution in [2.75, 3.05) is 38.2 Å². The first-order valence-electron chi connectivity index (χ1n) is 7.84. The van der Waals surface area contributed by atoms with Gasteiger partial charge in [0.2, 0.25) is 5.91 Å². The van der Waals surface area contributed by atoms with E-state index >= 15 is 0 Å². The molecule has 122 valence electrons. The van der Waals surface area contributed by atoms with Crippen molar-refractivity contribution in [2.45, 2.75) is 12.8 Å². The number of fused-ring (bicyclic) bond motifs is 1. The van der Waals surface area contributed by atoms with Crippen LogP contribution in [-0.2, 0) is 4.79 Å². The summed E-state index contributed by atoms with van der Waals surface area (Å²) in [4.78, 5) is 21.2. The van der Waals surface area contributed by atoms with Gasteiger partial charge >= 0.3 is 0 Å². The highest BCUT2D eigenvalue weighted by Gasteiger charge is 2.37. The molecular formula is C16H18ClN3O2S. The van der Waals surface area contributed by atoms with Crippen LogP contribution in [0.2, 0.25) is 5.02 Å². The van der Waals surface area contributed by atoms with Gasteiger partial charge in [-0.25, -0.2) is 4.98 Å². The number of aromatic nitrogens is 1. The predicted molar refractivity (Wildman–Crippen MR) is 92.7 cm³/mol. The van der Waals surface area contributed by atoms with E-state index in [0.717, 1.165) is 60.1 Å². The third kappa shape index (κ3) is 2.54. The zero-order valence-electron chi connectivity index (χ0n) is 12.9. The number of amides is 1. The number of nitrogens with zero attached hydrogens (tertiary/aromatic N) is 3. The minimum atomic E-state index is 0.109. The third-order valence-electron chi connectivity index (χ3n) is 4.59. The molecule has 3 heterocycles. The van der Waals surface area contributed by atoms with E-state index in [4.69, 9.17) is 16.3 Å². The van der Waals surface area contributed by atoms with Gasteiger partial charge in [-0.2, -0.15) is 0 Å². The molecule has 1 amide bonds. The number of ether oxygens (including phenoxy) is 1. The second kappa shape index (κ2) is 5.83. The van der Waals surface area contributed by atoms with E-state index in [1.807, 2.05) is 17.0 Å². The number of rotatable bonds is 3. The molecule has 7 heteroatoms. The number of thiazole rings is 1. The Labute approximate surface area is 143 Å². The highest BCUT2D eigenvalue weighted by molar-refractivity contribution is 7.22. The third-order valence-corrected chi connectivity index (χ3v) is 6.16. The van der Waals surface area contributed by atoms with Gasteiger partial charge in [-0.3, -0.25) is 4.79 Å². The van der Waals surface area contributed by atoms with Crippen molar-refractivity contribution in [1.82, 2.24) is 9.88 Å². The van der Waals surface area contributed by atoms with Crippen LogP contribution in [0.1, 0.15) is 12.8 Å². The lowest BCUT2D eigenvalue weighted by Crippen LogP contribution is -2.54. The SMILES string of the molecule is COc1ccc(Cl)c2sc(N3CC(C(=O)N4CCCC4)C3)nc12. The largest absolute Gasteiger partial charge is 0.494 e. The summed E-state index contributed by atoms with van der Waals surface area (Å²) in [5, 5.41) is 1.60. The molecule has 0 atom stereocenters. The maximum Gasteiger partial charge on any atom is 0.229 e. The number of anilines is 1. The standard InChI is InChI=1S/C16H18ClN3O2S/c1-22-12-5-4-11(17)14-13(12)18-16(23-14)20-8-10(9-20)15(21)19-6-2-3-7-19/h4-5,10H,2-3,6-9H2,1H3. The molecule has 0 saturated carbocycles. The molecular weight excluding hydrogens is 334 g/mol. The summed E-state index contributed by atoms with van der Waals surface area (Å²) in [6.45, 7) is 3.33. The molecule has 23 heavy (non-hydrogen) atoms. The zero-order chi connectivity index (χ0) is 16.0. The van der Waals surface area contributed by atoms with Crippen LogP contribution in [0.3, 0.4) is 0 Å². The summed E-state index contributed by atoms with van der Waals surface area (Å²) in [6.07, 6.45) is 2.27.